The highest BCUT2D eigenvalue weighted by atomic mass is 35.5. The van der Waals surface area contributed by atoms with Crippen molar-refractivity contribution in [3.05, 3.63) is 17.5 Å². The summed E-state index contributed by atoms with van der Waals surface area (Å²) in [5, 5.41) is 7.55. The number of nitrogens with zero attached hydrogens (tertiary/aromatic N) is 1. The van der Waals surface area contributed by atoms with Gasteiger partial charge in [-0.3, -0.25) is 0 Å². The van der Waals surface area contributed by atoms with Crippen molar-refractivity contribution in [2.24, 2.45) is 0 Å². The fraction of sp³-hybridized carbons (Fsp3) is 0.750. The van der Waals surface area contributed by atoms with Gasteiger partial charge < -0.3 is 14.6 Å². The summed E-state index contributed by atoms with van der Waals surface area (Å²) in [6.07, 6.45) is 5.32. The van der Waals surface area contributed by atoms with Crippen LogP contribution >= 0.6 is 12.4 Å². The first kappa shape index (κ1) is 12.9. The molecule has 3 atom stereocenters. The van der Waals surface area contributed by atoms with Crippen LogP contribution < -0.4 is 5.32 Å². The highest BCUT2D eigenvalue weighted by Gasteiger charge is 2.33. The summed E-state index contributed by atoms with van der Waals surface area (Å²) in [6.45, 7) is 2.49. The number of hydrogen-bond acceptors (Lipinski definition) is 4. The van der Waals surface area contributed by atoms with Crippen LogP contribution in [0, 0.1) is 6.92 Å². The Morgan fingerprint density at radius 3 is 2.71 bits per heavy atom. The number of piperidine rings is 1. The van der Waals surface area contributed by atoms with Crippen molar-refractivity contribution in [1.29, 1.82) is 0 Å². The summed E-state index contributed by atoms with van der Waals surface area (Å²) < 4.78 is 10.9. The SMILES string of the molecule is Cc1cc(COC2C[C@H]3CC[C@@H](C2)N3)no1.Cl. The van der Waals surface area contributed by atoms with Crippen molar-refractivity contribution in [1.82, 2.24) is 10.5 Å². The summed E-state index contributed by atoms with van der Waals surface area (Å²) in [5.74, 6) is 0.851. The zero-order valence-electron chi connectivity index (χ0n) is 10.0. The number of fused-ring (bicyclic) bond motifs is 2. The van der Waals surface area contributed by atoms with Gasteiger partial charge in [0.1, 0.15) is 11.5 Å². The maximum Gasteiger partial charge on any atom is 0.134 e. The van der Waals surface area contributed by atoms with E-state index in [9.17, 15) is 0 Å². The third-order valence-electron chi connectivity index (χ3n) is 3.57. The van der Waals surface area contributed by atoms with E-state index >= 15 is 0 Å². The molecule has 1 unspecified atom stereocenters. The maximum atomic E-state index is 5.90. The van der Waals surface area contributed by atoms with Gasteiger partial charge in [-0.15, -0.1) is 12.4 Å². The molecule has 17 heavy (non-hydrogen) atoms. The van der Waals surface area contributed by atoms with Gasteiger partial charge in [0.15, 0.2) is 0 Å². The van der Waals surface area contributed by atoms with E-state index in [0.717, 1.165) is 24.3 Å². The molecule has 2 fully saturated rings. The first-order chi connectivity index (χ1) is 7.79. The number of aryl methyl sites for hydroxylation is 1. The zero-order chi connectivity index (χ0) is 11.0. The van der Waals surface area contributed by atoms with E-state index in [1.807, 2.05) is 13.0 Å². The van der Waals surface area contributed by atoms with Crippen molar-refractivity contribution in [3.8, 4) is 0 Å². The smallest absolute Gasteiger partial charge is 0.134 e. The van der Waals surface area contributed by atoms with Gasteiger partial charge in [-0.1, -0.05) is 5.16 Å². The summed E-state index contributed by atoms with van der Waals surface area (Å²) in [6, 6.07) is 3.31. The molecule has 2 bridgehead atoms. The van der Waals surface area contributed by atoms with E-state index in [2.05, 4.69) is 10.5 Å². The third-order valence-corrected chi connectivity index (χ3v) is 3.57. The standard InChI is InChI=1S/C12H18N2O2.ClH/c1-8-4-11(14-16-8)7-15-12-5-9-2-3-10(6-12)13-9;/h4,9-10,12-13H,2-3,5-7H2,1H3;1H/t9-,10+,12?;. The molecule has 0 saturated carbocycles. The Kier molecular flexibility index (Phi) is 4.07. The van der Waals surface area contributed by atoms with E-state index in [0.29, 0.717) is 24.8 Å². The Hall–Kier alpha value is -0.580. The number of nitrogens with one attached hydrogen (secondary N) is 1. The summed E-state index contributed by atoms with van der Waals surface area (Å²) in [4.78, 5) is 0. The first-order valence-electron chi connectivity index (χ1n) is 6.09. The van der Waals surface area contributed by atoms with Crippen molar-refractivity contribution < 1.29 is 9.26 Å². The lowest BCUT2D eigenvalue weighted by molar-refractivity contribution is 0.00668. The molecule has 2 saturated heterocycles. The normalized spacial score (nSPS) is 31.2. The van der Waals surface area contributed by atoms with E-state index < -0.39 is 0 Å². The number of ether oxygens (including phenoxy) is 1. The highest BCUT2D eigenvalue weighted by Crippen LogP contribution is 2.28. The van der Waals surface area contributed by atoms with Crippen LogP contribution in [0.25, 0.3) is 0 Å². The number of hydrogen-bond donors (Lipinski definition) is 1. The number of rotatable bonds is 3. The predicted molar refractivity (Wildman–Crippen MR) is 66.2 cm³/mol. The number of aromatic nitrogens is 1. The minimum Gasteiger partial charge on any atom is -0.372 e. The van der Waals surface area contributed by atoms with Gasteiger partial charge >= 0.3 is 0 Å². The molecule has 1 aromatic heterocycles. The average molecular weight is 259 g/mol. The molecular formula is C12H19ClN2O2. The molecule has 2 aliphatic heterocycles. The fourth-order valence-corrected chi connectivity index (χ4v) is 2.83. The molecule has 5 heteroatoms. The maximum absolute atomic E-state index is 5.90. The second-order valence-electron chi connectivity index (χ2n) is 4.97. The molecule has 0 spiro atoms. The number of halogens is 1. The van der Waals surface area contributed by atoms with Crippen molar-refractivity contribution in [3.63, 3.8) is 0 Å². The Labute approximate surface area is 107 Å². The van der Waals surface area contributed by atoms with Crippen molar-refractivity contribution in [2.45, 2.75) is 57.4 Å². The van der Waals surface area contributed by atoms with Crippen LogP contribution in [0.5, 0.6) is 0 Å². The molecule has 0 aliphatic carbocycles. The molecule has 4 nitrogen and oxygen atoms in total. The predicted octanol–water partition coefficient (Wildman–Crippen LogP) is 2.20. The summed E-state index contributed by atoms with van der Waals surface area (Å²) in [7, 11) is 0. The summed E-state index contributed by atoms with van der Waals surface area (Å²) in [5.41, 5.74) is 0.906. The molecule has 1 N–H and O–H groups in total. The molecule has 1 aromatic rings. The second-order valence-corrected chi connectivity index (χ2v) is 4.97. The zero-order valence-corrected chi connectivity index (χ0v) is 10.8. The van der Waals surface area contributed by atoms with Crippen LogP contribution in [-0.2, 0) is 11.3 Å². The Balaban J connectivity index is 0.00000108. The third kappa shape index (κ3) is 3.00. The van der Waals surface area contributed by atoms with E-state index in [-0.39, 0.29) is 12.4 Å². The minimum absolute atomic E-state index is 0. The molecule has 0 radical (unpaired) electrons. The highest BCUT2D eigenvalue weighted by molar-refractivity contribution is 5.85. The molecule has 0 amide bonds. The van der Waals surface area contributed by atoms with Crippen LogP contribution in [0.3, 0.4) is 0 Å². The topological polar surface area (TPSA) is 47.3 Å². The van der Waals surface area contributed by atoms with Crippen LogP contribution in [0.15, 0.2) is 10.6 Å². The van der Waals surface area contributed by atoms with E-state index in [1.165, 1.54) is 12.8 Å². The van der Waals surface area contributed by atoms with Crippen LogP contribution in [0.1, 0.15) is 37.1 Å². The lowest BCUT2D eigenvalue weighted by Gasteiger charge is -2.28. The average Bonchev–Trinajstić information content (AvgIpc) is 2.83. The molecule has 3 rings (SSSR count). The quantitative estimate of drug-likeness (QED) is 0.903. The molecule has 0 aromatic carbocycles. The largest absolute Gasteiger partial charge is 0.372 e. The molecule has 96 valence electrons. The van der Waals surface area contributed by atoms with Gasteiger partial charge in [0, 0.05) is 18.2 Å². The monoisotopic (exact) mass is 258 g/mol. The van der Waals surface area contributed by atoms with Crippen molar-refractivity contribution in [2.75, 3.05) is 0 Å². The van der Waals surface area contributed by atoms with Gasteiger partial charge in [-0.05, 0) is 32.6 Å². The molecule has 3 heterocycles. The van der Waals surface area contributed by atoms with Gasteiger partial charge in [0.2, 0.25) is 0 Å². The molecule has 2 aliphatic rings. The van der Waals surface area contributed by atoms with Gasteiger partial charge in [0.05, 0.1) is 12.7 Å². The van der Waals surface area contributed by atoms with Gasteiger partial charge in [0.25, 0.3) is 0 Å². The fourth-order valence-electron chi connectivity index (χ4n) is 2.83. The van der Waals surface area contributed by atoms with Crippen molar-refractivity contribution >= 4 is 12.4 Å². The first-order valence-corrected chi connectivity index (χ1v) is 6.09. The van der Waals surface area contributed by atoms with Crippen LogP contribution in [0.4, 0.5) is 0 Å². The van der Waals surface area contributed by atoms with Gasteiger partial charge in [-0.25, -0.2) is 0 Å². The van der Waals surface area contributed by atoms with Crippen LogP contribution in [0.2, 0.25) is 0 Å². The second kappa shape index (κ2) is 5.38. The lowest BCUT2D eigenvalue weighted by Crippen LogP contribution is -2.41. The minimum atomic E-state index is 0. The van der Waals surface area contributed by atoms with Crippen LogP contribution in [-0.4, -0.2) is 23.3 Å². The van der Waals surface area contributed by atoms with E-state index in [1.54, 1.807) is 0 Å². The van der Waals surface area contributed by atoms with Gasteiger partial charge in [-0.2, -0.15) is 0 Å². The Morgan fingerprint density at radius 1 is 1.41 bits per heavy atom. The Bertz CT molecular complexity index is 357. The Morgan fingerprint density at radius 2 is 2.12 bits per heavy atom. The molecular weight excluding hydrogens is 240 g/mol. The lowest BCUT2D eigenvalue weighted by atomic mass is 10.0. The van der Waals surface area contributed by atoms with E-state index in [4.69, 9.17) is 9.26 Å². The summed E-state index contributed by atoms with van der Waals surface area (Å²) >= 11 is 0.